The average Bonchev–Trinajstić information content (AvgIpc) is 2.91. The number of rotatable bonds is 8. The predicted octanol–water partition coefficient (Wildman–Crippen LogP) is 3.57. The quantitative estimate of drug-likeness (QED) is 0.806. The number of nitrogens with zero attached hydrogens (tertiary/aromatic N) is 2. The molecule has 0 saturated heterocycles. The fourth-order valence-corrected chi connectivity index (χ4v) is 2.16. The first-order chi connectivity index (χ1) is 10.1. The van der Waals surface area contributed by atoms with Crippen LogP contribution in [0.2, 0.25) is 0 Å². The minimum absolute atomic E-state index is 0.469. The highest BCUT2D eigenvalue weighted by atomic mass is 16.5. The van der Waals surface area contributed by atoms with Gasteiger partial charge in [0.1, 0.15) is 0 Å². The van der Waals surface area contributed by atoms with Crippen molar-refractivity contribution in [2.75, 3.05) is 0 Å². The average molecular weight is 287 g/mol. The molecule has 0 spiro atoms. The SMILES string of the molecule is CC(C)CCC(C)NCc1nc(Cc2ccccc2)no1. The van der Waals surface area contributed by atoms with Gasteiger partial charge in [-0.3, -0.25) is 0 Å². The zero-order valence-electron chi connectivity index (χ0n) is 13.2. The molecule has 0 amide bonds. The Labute approximate surface area is 127 Å². The lowest BCUT2D eigenvalue weighted by atomic mass is 10.0. The molecule has 1 N–H and O–H groups in total. The molecule has 114 valence electrons. The second kappa shape index (κ2) is 7.93. The normalized spacial score (nSPS) is 12.8. The summed E-state index contributed by atoms with van der Waals surface area (Å²) >= 11 is 0. The standard InChI is InChI=1S/C17H25N3O/c1-13(2)9-10-14(3)18-12-17-19-16(20-21-17)11-15-7-5-4-6-8-15/h4-8,13-14,18H,9-12H2,1-3H3. The summed E-state index contributed by atoms with van der Waals surface area (Å²) in [5.74, 6) is 2.15. The van der Waals surface area contributed by atoms with Crippen LogP contribution in [0.5, 0.6) is 0 Å². The molecule has 4 nitrogen and oxygen atoms in total. The van der Waals surface area contributed by atoms with E-state index in [0.717, 1.165) is 11.7 Å². The van der Waals surface area contributed by atoms with Gasteiger partial charge in [-0.25, -0.2) is 0 Å². The summed E-state index contributed by atoms with van der Waals surface area (Å²) in [4.78, 5) is 4.43. The van der Waals surface area contributed by atoms with Crippen molar-refractivity contribution in [2.45, 2.75) is 52.6 Å². The van der Waals surface area contributed by atoms with Gasteiger partial charge in [0.15, 0.2) is 5.82 Å². The van der Waals surface area contributed by atoms with Crippen LogP contribution >= 0.6 is 0 Å². The van der Waals surface area contributed by atoms with Crippen molar-refractivity contribution >= 4 is 0 Å². The van der Waals surface area contributed by atoms with E-state index in [1.807, 2.05) is 18.2 Å². The summed E-state index contributed by atoms with van der Waals surface area (Å²) in [7, 11) is 0. The summed E-state index contributed by atoms with van der Waals surface area (Å²) in [5.41, 5.74) is 1.20. The number of hydrogen-bond donors (Lipinski definition) is 1. The van der Waals surface area contributed by atoms with Crippen LogP contribution in [0.4, 0.5) is 0 Å². The summed E-state index contributed by atoms with van der Waals surface area (Å²) in [6.45, 7) is 7.34. The van der Waals surface area contributed by atoms with Gasteiger partial charge in [0.25, 0.3) is 0 Å². The van der Waals surface area contributed by atoms with Crippen LogP contribution in [0.1, 0.15) is 50.9 Å². The molecule has 1 aromatic heterocycles. The molecule has 0 aliphatic carbocycles. The Bertz CT molecular complexity index is 522. The van der Waals surface area contributed by atoms with E-state index >= 15 is 0 Å². The van der Waals surface area contributed by atoms with Crippen molar-refractivity contribution in [1.82, 2.24) is 15.5 Å². The molecular weight excluding hydrogens is 262 g/mol. The minimum Gasteiger partial charge on any atom is -0.338 e. The highest BCUT2D eigenvalue weighted by molar-refractivity contribution is 5.18. The maximum atomic E-state index is 5.29. The van der Waals surface area contributed by atoms with Crippen LogP contribution < -0.4 is 5.32 Å². The molecule has 21 heavy (non-hydrogen) atoms. The Morgan fingerprint density at radius 2 is 1.86 bits per heavy atom. The van der Waals surface area contributed by atoms with E-state index in [9.17, 15) is 0 Å². The topological polar surface area (TPSA) is 51.0 Å². The van der Waals surface area contributed by atoms with Crippen LogP contribution in [-0.2, 0) is 13.0 Å². The summed E-state index contributed by atoms with van der Waals surface area (Å²) < 4.78 is 5.29. The third-order valence-corrected chi connectivity index (χ3v) is 3.49. The monoisotopic (exact) mass is 287 g/mol. The zero-order valence-corrected chi connectivity index (χ0v) is 13.2. The second-order valence-corrected chi connectivity index (χ2v) is 6.02. The maximum absolute atomic E-state index is 5.29. The molecule has 2 rings (SSSR count). The smallest absolute Gasteiger partial charge is 0.240 e. The van der Waals surface area contributed by atoms with Crippen LogP contribution in [0, 0.1) is 5.92 Å². The largest absolute Gasteiger partial charge is 0.338 e. The van der Waals surface area contributed by atoms with Gasteiger partial charge in [0.2, 0.25) is 5.89 Å². The van der Waals surface area contributed by atoms with Gasteiger partial charge in [0, 0.05) is 12.5 Å². The Balaban J connectivity index is 1.78. The molecule has 2 aromatic rings. The molecule has 1 aromatic carbocycles. The first-order valence-corrected chi connectivity index (χ1v) is 7.72. The highest BCUT2D eigenvalue weighted by Gasteiger charge is 2.09. The highest BCUT2D eigenvalue weighted by Crippen LogP contribution is 2.08. The van der Waals surface area contributed by atoms with E-state index in [0.29, 0.717) is 24.9 Å². The predicted molar refractivity (Wildman–Crippen MR) is 83.9 cm³/mol. The van der Waals surface area contributed by atoms with Crippen LogP contribution in [0.15, 0.2) is 34.9 Å². The molecule has 0 aliphatic heterocycles. The van der Waals surface area contributed by atoms with Crippen LogP contribution in [0.25, 0.3) is 0 Å². The minimum atomic E-state index is 0.469. The van der Waals surface area contributed by atoms with Gasteiger partial charge >= 0.3 is 0 Å². The van der Waals surface area contributed by atoms with E-state index in [4.69, 9.17) is 4.52 Å². The molecule has 1 unspecified atom stereocenters. The Morgan fingerprint density at radius 3 is 2.57 bits per heavy atom. The molecule has 0 bridgehead atoms. The molecule has 0 radical (unpaired) electrons. The van der Waals surface area contributed by atoms with Gasteiger partial charge in [-0.15, -0.1) is 0 Å². The molecule has 1 heterocycles. The molecule has 0 fully saturated rings. The fraction of sp³-hybridized carbons (Fsp3) is 0.529. The van der Waals surface area contributed by atoms with Crippen molar-refractivity contribution in [2.24, 2.45) is 5.92 Å². The number of nitrogens with one attached hydrogen (secondary N) is 1. The van der Waals surface area contributed by atoms with Crippen molar-refractivity contribution in [1.29, 1.82) is 0 Å². The Morgan fingerprint density at radius 1 is 1.10 bits per heavy atom. The first kappa shape index (κ1) is 15.7. The third kappa shape index (κ3) is 5.68. The molecule has 1 atom stereocenters. The third-order valence-electron chi connectivity index (χ3n) is 3.49. The molecule has 0 aliphatic rings. The Kier molecular flexibility index (Phi) is 5.93. The summed E-state index contributed by atoms with van der Waals surface area (Å²) in [6, 6.07) is 10.7. The lowest BCUT2D eigenvalue weighted by molar-refractivity contribution is 0.349. The van der Waals surface area contributed by atoms with Gasteiger partial charge < -0.3 is 9.84 Å². The van der Waals surface area contributed by atoms with Crippen molar-refractivity contribution in [3.05, 3.63) is 47.6 Å². The summed E-state index contributed by atoms with van der Waals surface area (Å²) in [6.07, 6.45) is 3.12. The van der Waals surface area contributed by atoms with E-state index in [1.165, 1.54) is 18.4 Å². The van der Waals surface area contributed by atoms with Crippen LogP contribution in [0.3, 0.4) is 0 Å². The fourth-order valence-electron chi connectivity index (χ4n) is 2.16. The van der Waals surface area contributed by atoms with Crippen molar-refractivity contribution in [3.8, 4) is 0 Å². The van der Waals surface area contributed by atoms with Gasteiger partial charge in [-0.1, -0.05) is 49.3 Å². The molecular formula is C17H25N3O. The van der Waals surface area contributed by atoms with Crippen LogP contribution in [-0.4, -0.2) is 16.2 Å². The first-order valence-electron chi connectivity index (χ1n) is 7.72. The van der Waals surface area contributed by atoms with Gasteiger partial charge in [-0.2, -0.15) is 4.98 Å². The summed E-state index contributed by atoms with van der Waals surface area (Å²) in [5, 5.41) is 7.47. The molecule has 0 saturated carbocycles. The number of aromatic nitrogens is 2. The number of hydrogen-bond acceptors (Lipinski definition) is 4. The second-order valence-electron chi connectivity index (χ2n) is 6.02. The number of benzene rings is 1. The lowest BCUT2D eigenvalue weighted by Crippen LogP contribution is -2.25. The van der Waals surface area contributed by atoms with Gasteiger partial charge in [-0.05, 0) is 31.2 Å². The van der Waals surface area contributed by atoms with Gasteiger partial charge in [0.05, 0.1) is 6.54 Å². The van der Waals surface area contributed by atoms with Crippen molar-refractivity contribution < 1.29 is 4.52 Å². The molecule has 4 heteroatoms. The van der Waals surface area contributed by atoms with E-state index in [1.54, 1.807) is 0 Å². The van der Waals surface area contributed by atoms with E-state index in [-0.39, 0.29) is 0 Å². The Hall–Kier alpha value is -1.68. The van der Waals surface area contributed by atoms with E-state index in [2.05, 4.69) is 48.4 Å². The maximum Gasteiger partial charge on any atom is 0.240 e. The zero-order chi connectivity index (χ0) is 15.1. The van der Waals surface area contributed by atoms with Crippen molar-refractivity contribution in [3.63, 3.8) is 0 Å². The lowest BCUT2D eigenvalue weighted by Gasteiger charge is -2.13. The van der Waals surface area contributed by atoms with E-state index < -0.39 is 0 Å².